The first-order valence-corrected chi connectivity index (χ1v) is 11.4. The van der Waals surface area contributed by atoms with Gasteiger partial charge in [-0.2, -0.15) is 0 Å². The third kappa shape index (κ3) is 4.49. The van der Waals surface area contributed by atoms with Gasteiger partial charge in [-0.25, -0.2) is 9.78 Å². The summed E-state index contributed by atoms with van der Waals surface area (Å²) in [6.07, 6.45) is 2.25. The molecule has 1 aromatic carbocycles. The minimum atomic E-state index is -0.426. The van der Waals surface area contributed by atoms with Crippen LogP contribution in [0.3, 0.4) is 0 Å². The highest BCUT2D eigenvalue weighted by molar-refractivity contribution is 7.18. The summed E-state index contributed by atoms with van der Waals surface area (Å²) in [5.41, 5.74) is 2.05. The number of fused-ring (bicyclic) bond motifs is 1. The van der Waals surface area contributed by atoms with Gasteiger partial charge in [0.1, 0.15) is 5.01 Å². The van der Waals surface area contributed by atoms with Gasteiger partial charge in [-0.1, -0.05) is 49.4 Å². The predicted octanol–water partition coefficient (Wildman–Crippen LogP) is 2.49. The third-order valence-corrected chi connectivity index (χ3v) is 6.40. The Bertz CT molecular complexity index is 1430. The zero-order chi connectivity index (χ0) is 23.7. The van der Waals surface area contributed by atoms with Gasteiger partial charge < -0.3 is 9.88 Å². The highest BCUT2D eigenvalue weighted by atomic mass is 32.1. The van der Waals surface area contributed by atoms with E-state index >= 15 is 0 Å². The lowest BCUT2D eigenvalue weighted by Crippen LogP contribution is -2.37. The number of carbonyl (C=O) groups excluding carboxylic acids is 1. The fourth-order valence-electron chi connectivity index (χ4n) is 3.56. The molecule has 172 valence electrons. The molecule has 0 unspecified atom stereocenters. The number of carbonyl (C=O) groups is 1. The minimum absolute atomic E-state index is 0.183. The molecule has 0 aliphatic heterocycles. The Balaban J connectivity index is 1.37. The number of nitrogens with zero attached hydrogens (tertiary/aromatic N) is 6. The fourth-order valence-corrected chi connectivity index (χ4v) is 4.32. The van der Waals surface area contributed by atoms with Gasteiger partial charge >= 0.3 is 5.69 Å². The molecule has 33 heavy (non-hydrogen) atoms. The van der Waals surface area contributed by atoms with E-state index in [2.05, 4.69) is 46.5 Å². The number of imidazole rings is 1. The molecule has 3 heterocycles. The molecule has 0 saturated carbocycles. The molecule has 11 heteroatoms. The van der Waals surface area contributed by atoms with Gasteiger partial charge in [0.05, 0.1) is 6.33 Å². The second-order valence-electron chi connectivity index (χ2n) is 8.16. The second-order valence-corrected chi connectivity index (χ2v) is 9.13. The van der Waals surface area contributed by atoms with Crippen molar-refractivity contribution in [2.45, 2.75) is 39.2 Å². The quantitative estimate of drug-likeness (QED) is 0.446. The molecule has 0 aliphatic carbocycles. The van der Waals surface area contributed by atoms with E-state index in [0.717, 1.165) is 15.1 Å². The molecular weight excluding hydrogens is 442 g/mol. The number of aryl methyl sites for hydroxylation is 2. The largest absolute Gasteiger partial charge is 0.332 e. The molecule has 0 aliphatic rings. The van der Waals surface area contributed by atoms with Crippen molar-refractivity contribution in [2.24, 2.45) is 14.1 Å². The molecule has 0 spiro atoms. The Morgan fingerprint density at radius 3 is 2.52 bits per heavy atom. The van der Waals surface area contributed by atoms with Crippen LogP contribution < -0.4 is 16.6 Å². The van der Waals surface area contributed by atoms with Crippen LogP contribution in [0.1, 0.15) is 38.2 Å². The molecule has 0 bridgehead atoms. The molecule has 10 nitrogen and oxygen atoms in total. The van der Waals surface area contributed by atoms with E-state index in [-0.39, 0.29) is 12.3 Å². The Morgan fingerprint density at radius 2 is 1.82 bits per heavy atom. The smallest absolute Gasteiger partial charge is 0.325 e. The standard InChI is InChI=1S/C22H25N7O3S/c1-13(2)14-7-9-15(10-8-14)19-25-26-21(33-19)24-16(30)6-5-11-29-12-23-18-17(29)20(31)28(4)22(32)27(18)3/h7-10,12-13H,5-6,11H2,1-4H3,(H,24,26,30). The van der Waals surface area contributed by atoms with Crippen LogP contribution in [0.2, 0.25) is 0 Å². The summed E-state index contributed by atoms with van der Waals surface area (Å²) in [6, 6.07) is 8.17. The Kier molecular flexibility index (Phi) is 6.23. The van der Waals surface area contributed by atoms with Crippen LogP contribution in [-0.4, -0.2) is 34.8 Å². The van der Waals surface area contributed by atoms with Gasteiger partial charge in [-0.3, -0.25) is 18.7 Å². The maximum absolute atomic E-state index is 12.5. The lowest BCUT2D eigenvalue weighted by molar-refractivity contribution is -0.116. The SMILES string of the molecule is CC(C)c1ccc(-c2nnc(NC(=O)CCCn3cnc4c3c(=O)n(C)c(=O)n4C)s2)cc1. The zero-order valence-electron chi connectivity index (χ0n) is 18.9. The number of hydrogen-bond acceptors (Lipinski definition) is 7. The summed E-state index contributed by atoms with van der Waals surface area (Å²) in [5.74, 6) is 0.274. The Hall–Kier alpha value is -3.60. The molecule has 0 radical (unpaired) electrons. The minimum Gasteiger partial charge on any atom is -0.325 e. The Morgan fingerprint density at radius 1 is 1.09 bits per heavy atom. The summed E-state index contributed by atoms with van der Waals surface area (Å²) < 4.78 is 4.06. The molecule has 0 fully saturated rings. The van der Waals surface area contributed by atoms with Crippen molar-refractivity contribution in [3.63, 3.8) is 0 Å². The van der Waals surface area contributed by atoms with Crippen molar-refractivity contribution >= 4 is 33.5 Å². The average Bonchev–Trinajstić information content (AvgIpc) is 3.44. The van der Waals surface area contributed by atoms with Gasteiger partial charge in [-0.15, -0.1) is 10.2 Å². The van der Waals surface area contributed by atoms with E-state index in [1.165, 1.54) is 34.8 Å². The van der Waals surface area contributed by atoms with Crippen LogP contribution in [0.5, 0.6) is 0 Å². The molecule has 3 aromatic heterocycles. The number of aromatic nitrogens is 6. The summed E-state index contributed by atoms with van der Waals surface area (Å²) in [6.45, 7) is 4.70. The van der Waals surface area contributed by atoms with Crippen molar-refractivity contribution in [1.82, 2.24) is 28.9 Å². The van der Waals surface area contributed by atoms with E-state index in [1.54, 1.807) is 11.6 Å². The molecular formula is C22H25N7O3S. The van der Waals surface area contributed by atoms with Crippen LogP contribution in [0, 0.1) is 0 Å². The summed E-state index contributed by atoms with van der Waals surface area (Å²) in [4.78, 5) is 41.1. The molecule has 4 aromatic rings. The van der Waals surface area contributed by atoms with Gasteiger partial charge in [0.25, 0.3) is 5.56 Å². The summed E-state index contributed by atoms with van der Waals surface area (Å²) in [7, 11) is 3.01. The van der Waals surface area contributed by atoms with Crippen LogP contribution in [0.15, 0.2) is 40.2 Å². The lowest BCUT2D eigenvalue weighted by atomic mass is 10.0. The molecule has 0 saturated heterocycles. The van der Waals surface area contributed by atoms with Gasteiger partial charge in [0.2, 0.25) is 11.0 Å². The number of benzene rings is 1. The number of anilines is 1. The average molecular weight is 468 g/mol. The van der Waals surface area contributed by atoms with E-state index in [1.807, 2.05) is 12.1 Å². The van der Waals surface area contributed by atoms with E-state index in [4.69, 9.17) is 0 Å². The maximum atomic E-state index is 12.5. The van der Waals surface area contributed by atoms with Crippen molar-refractivity contribution in [1.29, 1.82) is 0 Å². The van der Waals surface area contributed by atoms with Gasteiger partial charge in [0, 0.05) is 32.6 Å². The normalized spacial score (nSPS) is 11.4. The predicted molar refractivity (Wildman–Crippen MR) is 128 cm³/mol. The maximum Gasteiger partial charge on any atom is 0.332 e. The van der Waals surface area contributed by atoms with Crippen molar-refractivity contribution in [3.8, 4) is 10.6 Å². The first-order valence-electron chi connectivity index (χ1n) is 10.6. The molecule has 4 rings (SSSR count). The first-order chi connectivity index (χ1) is 15.8. The van der Waals surface area contributed by atoms with Crippen LogP contribution in [-0.2, 0) is 25.4 Å². The van der Waals surface area contributed by atoms with E-state index in [0.29, 0.717) is 35.2 Å². The zero-order valence-corrected chi connectivity index (χ0v) is 19.7. The molecule has 1 N–H and O–H groups in total. The number of nitrogens with one attached hydrogen (secondary N) is 1. The third-order valence-electron chi connectivity index (χ3n) is 5.52. The van der Waals surface area contributed by atoms with Crippen molar-refractivity contribution < 1.29 is 4.79 Å². The summed E-state index contributed by atoms with van der Waals surface area (Å²) >= 11 is 1.32. The van der Waals surface area contributed by atoms with Crippen LogP contribution in [0.4, 0.5) is 5.13 Å². The number of hydrogen-bond donors (Lipinski definition) is 1. The number of amides is 1. The Labute approximate surface area is 193 Å². The van der Waals surface area contributed by atoms with Crippen molar-refractivity contribution in [3.05, 3.63) is 57.0 Å². The van der Waals surface area contributed by atoms with Crippen molar-refractivity contribution in [2.75, 3.05) is 5.32 Å². The van der Waals surface area contributed by atoms with Gasteiger partial charge in [0.15, 0.2) is 11.2 Å². The molecule has 1 amide bonds. The summed E-state index contributed by atoms with van der Waals surface area (Å²) in [5, 5.41) is 12.2. The van der Waals surface area contributed by atoms with Crippen LogP contribution in [0.25, 0.3) is 21.7 Å². The van der Waals surface area contributed by atoms with Crippen LogP contribution >= 0.6 is 11.3 Å². The van der Waals surface area contributed by atoms with E-state index < -0.39 is 11.2 Å². The monoisotopic (exact) mass is 467 g/mol. The van der Waals surface area contributed by atoms with E-state index in [9.17, 15) is 14.4 Å². The topological polar surface area (TPSA) is 117 Å². The van der Waals surface area contributed by atoms with Gasteiger partial charge in [-0.05, 0) is 17.9 Å². The first kappa shape index (κ1) is 22.6. The molecule has 0 atom stereocenters. The fraction of sp³-hybridized carbons (Fsp3) is 0.364. The highest BCUT2D eigenvalue weighted by Crippen LogP contribution is 2.27. The lowest BCUT2D eigenvalue weighted by Gasteiger charge is -2.06. The highest BCUT2D eigenvalue weighted by Gasteiger charge is 2.15. The number of rotatable bonds is 7. The second kappa shape index (κ2) is 9.10.